The van der Waals surface area contributed by atoms with Crippen molar-refractivity contribution in [2.24, 2.45) is 0 Å². The largest absolute Gasteiger partial charge is 0.477 e. The van der Waals surface area contributed by atoms with Crippen LogP contribution in [0.1, 0.15) is 26.7 Å². The van der Waals surface area contributed by atoms with Crippen LogP contribution in [0.25, 0.3) is 0 Å². The predicted molar refractivity (Wildman–Crippen MR) is 50.3 cm³/mol. The summed E-state index contributed by atoms with van der Waals surface area (Å²) in [6, 6.07) is 0.373. The van der Waals surface area contributed by atoms with Crippen molar-refractivity contribution in [2.75, 3.05) is 0 Å². The number of rotatable bonds is 4. The lowest BCUT2D eigenvalue weighted by atomic mass is 10.3. The molecule has 0 aromatic carbocycles. The van der Waals surface area contributed by atoms with Crippen molar-refractivity contribution in [3.05, 3.63) is 11.4 Å². The summed E-state index contributed by atoms with van der Waals surface area (Å²) in [5, 5.41) is 14.1. The Balaban J connectivity index is 2.70. The van der Waals surface area contributed by atoms with Crippen LogP contribution in [0.2, 0.25) is 0 Å². The number of allylic oxidation sites excluding steroid dienone is 1. The molecule has 0 unspecified atom stereocenters. The Morgan fingerprint density at radius 3 is 2.21 bits per heavy atom. The highest BCUT2D eigenvalue weighted by atomic mass is 16.4. The molecule has 0 aromatic heterocycles. The number of hydrogen-bond donors (Lipinski definition) is 3. The van der Waals surface area contributed by atoms with Gasteiger partial charge in [-0.15, -0.1) is 0 Å². The summed E-state index contributed by atoms with van der Waals surface area (Å²) >= 11 is 0. The van der Waals surface area contributed by atoms with Crippen LogP contribution < -0.4 is 10.6 Å². The maximum Gasteiger partial charge on any atom is 0.354 e. The number of aliphatic carboxylic acids is 1. The van der Waals surface area contributed by atoms with Crippen LogP contribution in [0.4, 0.5) is 0 Å². The highest BCUT2D eigenvalue weighted by Crippen LogP contribution is 2.20. The van der Waals surface area contributed by atoms with Crippen molar-refractivity contribution in [1.82, 2.24) is 10.6 Å². The summed E-state index contributed by atoms with van der Waals surface area (Å²) in [7, 11) is 0. The molecular formula is C9H14N2O3. The monoisotopic (exact) mass is 198 g/mol. The van der Waals surface area contributed by atoms with E-state index in [4.69, 9.17) is 5.11 Å². The maximum atomic E-state index is 10.8. The molecule has 1 aliphatic rings. The van der Waals surface area contributed by atoms with E-state index in [1.807, 2.05) is 0 Å². The van der Waals surface area contributed by atoms with Gasteiger partial charge in [0, 0.05) is 18.7 Å². The Bertz CT molecular complexity index is 292. The highest BCUT2D eigenvalue weighted by Gasteiger charge is 2.23. The Morgan fingerprint density at radius 2 is 1.86 bits per heavy atom. The van der Waals surface area contributed by atoms with Crippen molar-refractivity contribution in [3.8, 4) is 0 Å². The molecule has 0 radical (unpaired) electrons. The molecule has 14 heavy (non-hydrogen) atoms. The maximum absolute atomic E-state index is 10.8. The van der Waals surface area contributed by atoms with Crippen molar-refractivity contribution < 1.29 is 14.7 Å². The van der Waals surface area contributed by atoms with Gasteiger partial charge in [0.05, 0.1) is 0 Å². The number of carbonyl (C=O) groups is 2. The second kappa shape index (κ2) is 4.13. The van der Waals surface area contributed by atoms with Gasteiger partial charge in [-0.2, -0.15) is 0 Å². The summed E-state index contributed by atoms with van der Waals surface area (Å²) in [6.07, 6.45) is 2.12. The summed E-state index contributed by atoms with van der Waals surface area (Å²) in [5.41, 5.74) is 0.444. The molecular weight excluding hydrogens is 184 g/mol. The first-order chi connectivity index (χ1) is 6.50. The normalized spacial score (nSPS) is 17.0. The zero-order chi connectivity index (χ0) is 10.7. The van der Waals surface area contributed by atoms with Gasteiger partial charge in [-0.05, 0) is 19.8 Å². The molecule has 0 heterocycles. The third kappa shape index (κ3) is 3.08. The van der Waals surface area contributed by atoms with E-state index in [0.717, 1.165) is 12.8 Å². The van der Waals surface area contributed by atoms with Crippen molar-refractivity contribution in [2.45, 2.75) is 32.7 Å². The average molecular weight is 198 g/mol. The predicted octanol–water partition coefficient (Wildman–Crippen LogP) is 0.191. The van der Waals surface area contributed by atoms with Crippen molar-refractivity contribution in [3.63, 3.8) is 0 Å². The first-order valence-corrected chi connectivity index (χ1v) is 4.49. The van der Waals surface area contributed by atoms with Crippen molar-refractivity contribution in [1.29, 1.82) is 0 Å². The zero-order valence-corrected chi connectivity index (χ0v) is 8.26. The van der Waals surface area contributed by atoms with Crippen LogP contribution in [0.15, 0.2) is 11.4 Å². The van der Waals surface area contributed by atoms with E-state index in [1.165, 1.54) is 6.92 Å². The minimum atomic E-state index is -1.12. The first-order valence-electron chi connectivity index (χ1n) is 4.49. The van der Waals surface area contributed by atoms with Gasteiger partial charge < -0.3 is 15.7 Å². The summed E-state index contributed by atoms with van der Waals surface area (Å²) in [5.74, 6) is -1.50. The van der Waals surface area contributed by atoms with Crippen LogP contribution in [-0.2, 0) is 9.59 Å². The number of hydrogen-bond acceptors (Lipinski definition) is 3. The Labute approximate surface area is 82.2 Å². The standard InChI is InChI=1S/C9H14N2O3/c1-5(10-7-3-4-7)8(9(13)14)11-6(2)12/h7,10H,3-4H2,1-2H3,(H,11,12)(H,13,14)/b8-5-. The molecule has 78 valence electrons. The first kappa shape index (κ1) is 10.6. The SMILES string of the molecule is CC(=O)N/C(C(=O)O)=C(/C)NC1CC1. The van der Waals surface area contributed by atoms with E-state index in [9.17, 15) is 9.59 Å². The Kier molecular flexibility index (Phi) is 3.11. The van der Waals surface area contributed by atoms with Crippen LogP contribution in [0.5, 0.6) is 0 Å². The third-order valence-electron chi connectivity index (χ3n) is 1.89. The van der Waals surface area contributed by atoms with Gasteiger partial charge in [0.2, 0.25) is 5.91 Å². The molecule has 5 heteroatoms. The average Bonchev–Trinajstić information content (AvgIpc) is 2.82. The second-order valence-corrected chi connectivity index (χ2v) is 3.40. The molecule has 1 saturated carbocycles. The molecule has 0 bridgehead atoms. The smallest absolute Gasteiger partial charge is 0.354 e. The number of nitrogens with one attached hydrogen (secondary N) is 2. The quantitative estimate of drug-likeness (QED) is 0.563. The summed E-state index contributed by atoms with van der Waals surface area (Å²) < 4.78 is 0. The fourth-order valence-electron chi connectivity index (χ4n) is 1.09. The molecule has 0 aromatic rings. The molecule has 0 saturated heterocycles. The number of amides is 1. The third-order valence-corrected chi connectivity index (χ3v) is 1.89. The lowest BCUT2D eigenvalue weighted by molar-refractivity contribution is -0.134. The second-order valence-electron chi connectivity index (χ2n) is 3.40. The van der Waals surface area contributed by atoms with Gasteiger partial charge >= 0.3 is 5.97 Å². The Hall–Kier alpha value is -1.52. The molecule has 1 fully saturated rings. The number of carbonyl (C=O) groups excluding carboxylic acids is 1. The van der Waals surface area contributed by atoms with Crippen LogP contribution in [0, 0.1) is 0 Å². The summed E-state index contributed by atoms with van der Waals surface area (Å²) in [4.78, 5) is 21.5. The van der Waals surface area contributed by atoms with Gasteiger partial charge in [0.1, 0.15) is 5.70 Å². The lowest BCUT2D eigenvalue weighted by Gasteiger charge is -2.10. The van der Waals surface area contributed by atoms with Gasteiger partial charge in [-0.25, -0.2) is 4.79 Å². The van der Waals surface area contributed by atoms with Crippen LogP contribution in [-0.4, -0.2) is 23.0 Å². The minimum absolute atomic E-state index is 0.0654. The molecule has 1 rings (SSSR count). The van der Waals surface area contributed by atoms with Gasteiger partial charge in [0.15, 0.2) is 0 Å². The molecule has 0 atom stereocenters. The van der Waals surface area contributed by atoms with Crippen LogP contribution >= 0.6 is 0 Å². The van der Waals surface area contributed by atoms with E-state index in [1.54, 1.807) is 6.92 Å². The number of carboxylic acid groups (broad SMARTS) is 1. The highest BCUT2D eigenvalue weighted by molar-refractivity contribution is 5.92. The molecule has 1 amide bonds. The van der Waals surface area contributed by atoms with E-state index < -0.39 is 5.97 Å². The summed E-state index contributed by atoms with van der Waals surface area (Å²) in [6.45, 7) is 2.94. The van der Waals surface area contributed by atoms with E-state index in [-0.39, 0.29) is 11.6 Å². The van der Waals surface area contributed by atoms with Crippen LogP contribution in [0.3, 0.4) is 0 Å². The fourth-order valence-corrected chi connectivity index (χ4v) is 1.09. The molecule has 0 spiro atoms. The number of carboxylic acids is 1. The molecule has 0 aliphatic heterocycles. The van der Waals surface area contributed by atoms with Crippen molar-refractivity contribution >= 4 is 11.9 Å². The zero-order valence-electron chi connectivity index (χ0n) is 8.26. The molecule has 3 N–H and O–H groups in total. The Morgan fingerprint density at radius 1 is 1.29 bits per heavy atom. The lowest BCUT2D eigenvalue weighted by Crippen LogP contribution is -2.30. The molecule has 1 aliphatic carbocycles. The van der Waals surface area contributed by atoms with Gasteiger partial charge in [0.25, 0.3) is 0 Å². The minimum Gasteiger partial charge on any atom is -0.477 e. The van der Waals surface area contributed by atoms with E-state index >= 15 is 0 Å². The van der Waals surface area contributed by atoms with E-state index in [0.29, 0.717) is 11.7 Å². The van der Waals surface area contributed by atoms with E-state index in [2.05, 4.69) is 10.6 Å². The topological polar surface area (TPSA) is 78.4 Å². The molecule has 5 nitrogen and oxygen atoms in total. The van der Waals surface area contributed by atoms with Gasteiger partial charge in [-0.1, -0.05) is 0 Å². The van der Waals surface area contributed by atoms with Gasteiger partial charge in [-0.3, -0.25) is 4.79 Å². The fraction of sp³-hybridized carbons (Fsp3) is 0.556.